The number of carbonyl (C=O) groups is 3. The lowest BCUT2D eigenvalue weighted by atomic mass is 9.77. The third kappa shape index (κ3) is 3.90. The van der Waals surface area contributed by atoms with Crippen LogP contribution >= 0.6 is 0 Å². The maximum atomic E-state index is 13.6. The minimum Gasteiger partial charge on any atom is -0.368 e. The Hall–Kier alpha value is -3.49. The van der Waals surface area contributed by atoms with E-state index in [9.17, 15) is 23.2 Å². The van der Waals surface area contributed by atoms with Crippen LogP contribution in [-0.2, 0) is 6.54 Å². The molecule has 2 aromatic rings. The van der Waals surface area contributed by atoms with Crippen molar-refractivity contribution < 1.29 is 23.2 Å². The van der Waals surface area contributed by atoms with E-state index in [0.717, 1.165) is 6.07 Å². The van der Waals surface area contributed by atoms with Crippen molar-refractivity contribution in [3.05, 3.63) is 64.7 Å². The molecule has 0 unspecified atom stereocenters. The number of amides is 3. The van der Waals surface area contributed by atoms with Gasteiger partial charge in [-0.25, -0.2) is 13.6 Å². The first-order valence-corrected chi connectivity index (χ1v) is 10.4. The van der Waals surface area contributed by atoms with Crippen LogP contribution in [0, 0.1) is 11.6 Å². The second kappa shape index (κ2) is 8.22. The second-order valence-corrected chi connectivity index (χ2v) is 8.37. The summed E-state index contributed by atoms with van der Waals surface area (Å²) < 4.78 is 27.2. The molecule has 2 aliphatic rings. The highest BCUT2D eigenvalue weighted by Gasteiger charge is 2.45. The van der Waals surface area contributed by atoms with Crippen LogP contribution in [0.1, 0.15) is 45.5 Å². The van der Waals surface area contributed by atoms with Crippen LogP contribution in [0.3, 0.4) is 0 Å². The highest BCUT2D eigenvalue weighted by atomic mass is 19.1. The van der Waals surface area contributed by atoms with Gasteiger partial charge in [-0.1, -0.05) is 6.07 Å². The summed E-state index contributed by atoms with van der Waals surface area (Å²) in [6, 6.07) is 7.93. The summed E-state index contributed by atoms with van der Waals surface area (Å²) in [5.41, 5.74) is 6.20. The van der Waals surface area contributed by atoms with Crippen LogP contribution in [-0.4, -0.2) is 48.3 Å². The molecule has 7 nitrogen and oxygen atoms in total. The van der Waals surface area contributed by atoms with E-state index in [1.807, 2.05) is 11.9 Å². The zero-order valence-electron chi connectivity index (χ0n) is 17.7. The topological polar surface area (TPSA) is 95.7 Å². The van der Waals surface area contributed by atoms with E-state index in [2.05, 4.69) is 5.32 Å². The lowest BCUT2D eigenvalue weighted by Crippen LogP contribution is -2.59. The molecule has 3 N–H and O–H groups in total. The fourth-order valence-electron chi connectivity index (χ4n) is 4.59. The third-order valence-corrected chi connectivity index (χ3v) is 6.54. The molecule has 2 aromatic carbocycles. The fourth-order valence-corrected chi connectivity index (χ4v) is 4.59. The number of likely N-dealkylation sites (tertiary alicyclic amines) is 1. The molecule has 3 amide bonds. The number of Topliss-reactive ketones (excluding diaryl/α,β-unsaturated/α-hetero) is 1. The van der Waals surface area contributed by atoms with Crippen LogP contribution in [0.15, 0.2) is 36.4 Å². The van der Waals surface area contributed by atoms with Crippen molar-refractivity contribution in [2.75, 3.05) is 25.0 Å². The predicted molar refractivity (Wildman–Crippen MR) is 114 cm³/mol. The molecule has 0 saturated carbocycles. The van der Waals surface area contributed by atoms with E-state index in [0.29, 0.717) is 42.7 Å². The predicted octanol–water partition coefficient (Wildman–Crippen LogP) is 2.83. The normalized spacial score (nSPS) is 17.3. The number of hydrogen-bond acceptors (Lipinski definition) is 4. The molecule has 9 heteroatoms. The van der Waals surface area contributed by atoms with Gasteiger partial charge in [0.05, 0.1) is 11.1 Å². The average molecular weight is 442 g/mol. The number of nitrogens with one attached hydrogen (secondary N) is 1. The number of fused-ring (bicyclic) bond motifs is 1. The van der Waals surface area contributed by atoms with E-state index in [4.69, 9.17) is 5.73 Å². The molecule has 1 spiro atoms. The first kappa shape index (κ1) is 21.7. The summed E-state index contributed by atoms with van der Waals surface area (Å²) >= 11 is 0. The number of primary amides is 1. The van der Waals surface area contributed by atoms with Crippen molar-refractivity contribution in [3.63, 3.8) is 0 Å². The van der Waals surface area contributed by atoms with Crippen molar-refractivity contribution >= 4 is 23.4 Å². The van der Waals surface area contributed by atoms with Crippen LogP contribution in [0.4, 0.5) is 19.3 Å². The highest BCUT2D eigenvalue weighted by Crippen LogP contribution is 2.41. The van der Waals surface area contributed by atoms with Crippen LogP contribution in [0.5, 0.6) is 0 Å². The highest BCUT2D eigenvalue weighted by molar-refractivity contribution is 6.04. The van der Waals surface area contributed by atoms with Gasteiger partial charge in [0.25, 0.3) is 5.91 Å². The molecule has 0 bridgehead atoms. The molecule has 168 valence electrons. The van der Waals surface area contributed by atoms with Gasteiger partial charge in [-0.2, -0.15) is 0 Å². The largest absolute Gasteiger partial charge is 0.368 e. The summed E-state index contributed by atoms with van der Waals surface area (Å²) in [6.07, 6.45) is 1.48. The third-order valence-electron chi connectivity index (χ3n) is 6.54. The number of piperidine rings is 1. The molecule has 2 aliphatic heterocycles. The number of anilines is 1. The van der Waals surface area contributed by atoms with Gasteiger partial charge in [0, 0.05) is 44.4 Å². The standard InChI is InChI=1S/C23H24F2N4O3/c1-28-19-5-3-15(24)11-17(19)20(30)12-23(28)6-8-29(9-7-23)22(32)27-13-14-2-4-18(25)16(10-14)21(26)31/h2-5,10-11H,6-9,12-13H2,1H3,(H2,26,31)(H,27,32). The van der Waals surface area contributed by atoms with Crippen molar-refractivity contribution in [1.82, 2.24) is 10.2 Å². The van der Waals surface area contributed by atoms with Gasteiger partial charge in [0.2, 0.25) is 0 Å². The summed E-state index contributed by atoms with van der Waals surface area (Å²) in [7, 11) is 1.91. The molecule has 1 saturated heterocycles. The summed E-state index contributed by atoms with van der Waals surface area (Å²) in [6.45, 7) is 1.03. The Morgan fingerprint density at radius 2 is 1.84 bits per heavy atom. The molecule has 0 aromatic heterocycles. The molecule has 0 radical (unpaired) electrons. The van der Waals surface area contributed by atoms with Crippen LogP contribution in [0.25, 0.3) is 0 Å². The van der Waals surface area contributed by atoms with E-state index >= 15 is 0 Å². The van der Waals surface area contributed by atoms with Crippen molar-refractivity contribution in [1.29, 1.82) is 0 Å². The number of rotatable bonds is 3. The molecular formula is C23H24F2N4O3. The molecule has 0 aliphatic carbocycles. The minimum atomic E-state index is -0.868. The number of urea groups is 1. The van der Waals surface area contributed by atoms with Gasteiger partial charge < -0.3 is 20.9 Å². The molecule has 0 atom stereocenters. The van der Waals surface area contributed by atoms with Gasteiger partial charge in [-0.3, -0.25) is 9.59 Å². The number of halogens is 2. The quantitative estimate of drug-likeness (QED) is 0.764. The van der Waals surface area contributed by atoms with Gasteiger partial charge >= 0.3 is 6.03 Å². The lowest BCUT2D eigenvalue weighted by Gasteiger charge is -2.50. The van der Waals surface area contributed by atoms with E-state index in [1.54, 1.807) is 11.0 Å². The van der Waals surface area contributed by atoms with Crippen molar-refractivity contribution in [2.45, 2.75) is 31.3 Å². The zero-order chi connectivity index (χ0) is 23.0. The molecular weight excluding hydrogens is 418 g/mol. The van der Waals surface area contributed by atoms with Crippen molar-refractivity contribution in [3.8, 4) is 0 Å². The maximum Gasteiger partial charge on any atom is 0.317 e. The summed E-state index contributed by atoms with van der Waals surface area (Å²) in [5, 5.41) is 2.78. The molecule has 2 heterocycles. The summed E-state index contributed by atoms with van der Waals surface area (Å²) in [5.74, 6) is -2.09. The fraction of sp³-hybridized carbons (Fsp3) is 0.348. The van der Waals surface area contributed by atoms with Gasteiger partial charge in [-0.05, 0) is 48.7 Å². The molecule has 1 fully saturated rings. The summed E-state index contributed by atoms with van der Waals surface area (Å²) in [4.78, 5) is 40.3. The van der Waals surface area contributed by atoms with Crippen LogP contribution in [0.2, 0.25) is 0 Å². The average Bonchev–Trinajstić information content (AvgIpc) is 2.77. The SMILES string of the molecule is CN1c2ccc(F)cc2C(=O)CC12CCN(C(=O)NCc1ccc(F)c(C(N)=O)c1)CC2. The van der Waals surface area contributed by atoms with Gasteiger partial charge in [-0.15, -0.1) is 0 Å². The Balaban J connectivity index is 1.39. The number of carbonyl (C=O) groups excluding carboxylic acids is 3. The van der Waals surface area contributed by atoms with Gasteiger partial charge in [0.15, 0.2) is 5.78 Å². The molecule has 32 heavy (non-hydrogen) atoms. The number of hydrogen-bond donors (Lipinski definition) is 2. The van der Waals surface area contributed by atoms with E-state index in [1.165, 1.54) is 24.3 Å². The van der Waals surface area contributed by atoms with Crippen molar-refractivity contribution in [2.24, 2.45) is 5.73 Å². The number of ketones is 1. The first-order chi connectivity index (χ1) is 15.2. The second-order valence-electron chi connectivity index (χ2n) is 8.37. The van der Waals surface area contributed by atoms with E-state index in [-0.39, 0.29) is 30.3 Å². The minimum absolute atomic E-state index is 0.0860. The Kier molecular flexibility index (Phi) is 5.58. The number of benzene rings is 2. The Morgan fingerprint density at radius 3 is 2.53 bits per heavy atom. The monoisotopic (exact) mass is 442 g/mol. The Morgan fingerprint density at radius 1 is 1.12 bits per heavy atom. The number of nitrogens with zero attached hydrogens (tertiary/aromatic N) is 2. The Bertz CT molecular complexity index is 1100. The van der Waals surface area contributed by atoms with Gasteiger partial charge in [0.1, 0.15) is 11.6 Å². The molecule has 4 rings (SSSR count). The maximum absolute atomic E-state index is 13.6. The smallest absolute Gasteiger partial charge is 0.317 e. The Labute approximate surface area is 184 Å². The lowest BCUT2D eigenvalue weighted by molar-refractivity contribution is 0.0889. The first-order valence-electron chi connectivity index (χ1n) is 10.4. The zero-order valence-corrected chi connectivity index (χ0v) is 17.7. The van der Waals surface area contributed by atoms with Crippen LogP contribution < -0.4 is 16.0 Å². The number of nitrogens with two attached hydrogens (primary N) is 1. The van der Waals surface area contributed by atoms with E-state index < -0.39 is 23.1 Å².